The summed E-state index contributed by atoms with van der Waals surface area (Å²) in [6, 6.07) is 13.4. The SMILES string of the molecule is Cc1ccccc1COc1ccc(C(N)=S)cc1Cl. The van der Waals surface area contributed by atoms with Gasteiger partial charge in [-0.2, -0.15) is 0 Å². The topological polar surface area (TPSA) is 35.2 Å². The highest BCUT2D eigenvalue weighted by molar-refractivity contribution is 7.80. The Morgan fingerprint density at radius 3 is 2.63 bits per heavy atom. The molecule has 0 bridgehead atoms. The van der Waals surface area contributed by atoms with E-state index >= 15 is 0 Å². The molecule has 0 unspecified atom stereocenters. The highest BCUT2D eigenvalue weighted by Gasteiger charge is 2.06. The zero-order valence-corrected chi connectivity index (χ0v) is 12.1. The maximum atomic E-state index is 6.14. The van der Waals surface area contributed by atoms with Gasteiger partial charge in [0.05, 0.1) is 5.02 Å². The highest BCUT2D eigenvalue weighted by Crippen LogP contribution is 2.26. The van der Waals surface area contributed by atoms with Crippen molar-refractivity contribution in [3.63, 3.8) is 0 Å². The Balaban J connectivity index is 2.12. The minimum atomic E-state index is 0.326. The standard InChI is InChI=1S/C15H14ClNOS/c1-10-4-2-3-5-12(10)9-18-14-7-6-11(15(17)19)8-13(14)16/h2-8H,9H2,1H3,(H2,17,19). The van der Waals surface area contributed by atoms with Gasteiger partial charge in [-0.05, 0) is 36.2 Å². The van der Waals surface area contributed by atoms with Gasteiger partial charge in [0.2, 0.25) is 0 Å². The number of hydrogen-bond donors (Lipinski definition) is 1. The molecule has 0 aromatic heterocycles. The van der Waals surface area contributed by atoms with Crippen LogP contribution in [-0.4, -0.2) is 4.99 Å². The van der Waals surface area contributed by atoms with Crippen molar-refractivity contribution in [1.29, 1.82) is 0 Å². The second-order valence-electron chi connectivity index (χ2n) is 4.22. The van der Waals surface area contributed by atoms with Crippen LogP contribution in [-0.2, 0) is 6.61 Å². The van der Waals surface area contributed by atoms with Gasteiger partial charge in [-0.25, -0.2) is 0 Å². The summed E-state index contributed by atoms with van der Waals surface area (Å²) in [5.41, 5.74) is 8.62. The van der Waals surface area contributed by atoms with Crippen LogP contribution in [0.25, 0.3) is 0 Å². The molecule has 0 aliphatic carbocycles. The summed E-state index contributed by atoms with van der Waals surface area (Å²) in [6.07, 6.45) is 0. The van der Waals surface area contributed by atoms with E-state index < -0.39 is 0 Å². The monoisotopic (exact) mass is 291 g/mol. The van der Waals surface area contributed by atoms with Crippen molar-refractivity contribution < 1.29 is 4.74 Å². The lowest BCUT2D eigenvalue weighted by Gasteiger charge is -2.10. The molecular weight excluding hydrogens is 278 g/mol. The number of halogens is 1. The minimum Gasteiger partial charge on any atom is -0.487 e. The number of rotatable bonds is 4. The Morgan fingerprint density at radius 2 is 2.00 bits per heavy atom. The Kier molecular flexibility index (Phi) is 4.40. The Morgan fingerprint density at radius 1 is 1.26 bits per heavy atom. The molecule has 0 heterocycles. The van der Waals surface area contributed by atoms with E-state index in [0.29, 0.717) is 22.4 Å². The van der Waals surface area contributed by atoms with Crippen molar-refractivity contribution >= 4 is 28.8 Å². The number of ether oxygens (including phenoxy) is 1. The van der Waals surface area contributed by atoms with Gasteiger partial charge in [0, 0.05) is 5.56 Å². The van der Waals surface area contributed by atoms with E-state index in [-0.39, 0.29) is 0 Å². The van der Waals surface area contributed by atoms with Crippen LogP contribution in [0.1, 0.15) is 16.7 Å². The number of thiocarbonyl (C=S) groups is 1. The van der Waals surface area contributed by atoms with Gasteiger partial charge in [-0.15, -0.1) is 0 Å². The summed E-state index contributed by atoms with van der Waals surface area (Å²) in [6.45, 7) is 2.54. The summed E-state index contributed by atoms with van der Waals surface area (Å²) in [5.74, 6) is 0.630. The minimum absolute atomic E-state index is 0.326. The molecule has 0 saturated heterocycles. The molecule has 98 valence electrons. The van der Waals surface area contributed by atoms with E-state index in [2.05, 4.69) is 13.0 Å². The van der Waals surface area contributed by atoms with Gasteiger partial charge >= 0.3 is 0 Å². The molecule has 0 amide bonds. The van der Waals surface area contributed by atoms with Crippen molar-refractivity contribution in [2.24, 2.45) is 5.73 Å². The molecule has 0 atom stereocenters. The third-order valence-corrected chi connectivity index (χ3v) is 3.39. The van der Waals surface area contributed by atoms with E-state index in [9.17, 15) is 0 Å². The lowest BCUT2D eigenvalue weighted by molar-refractivity contribution is 0.305. The van der Waals surface area contributed by atoms with Crippen LogP contribution in [0.2, 0.25) is 5.02 Å². The second kappa shape index (κ2) is 6.04. The number of benzene rings is 2. The van der Waals surface area contributed by atoms with Gasteiger partial charge in [-0.3, -0.25) is 0 Å². The maximum absolute atomic E-state index is 6.14. The molecule has 19 heavy (non-hydrogen) atoms. The zero-order valence-electron chi connectivity index (χ0n) is 10.5. The molecule has 0 aliphatic heterocycles. The summed E-state index contributed by atoms with van der Waals surface area (Å²) in [4.78, 5) is 0.326. The number of nitrogens with two attached hydrogens (primary N) is 1. The summed E-state index contributed by atoms with van der Waals surface area (Å²) in [5, 5.41) is 0.513. The van der Waals surface area contributed by atoms with Gasteiger partial charge in [0.25, 0.3) is 0 Å². The molecule has 0 spiro atoms. The van der Waals surface area contributed by atoms with Crippen LogP contribution in [0.5, 0.6) is 5.75 Å². The average molecular weight is 292 g/mol. The lowest BCUT2D eigenvalue weighted by atomic mass is 10.1. The fraction of sp³-hybridized carbons (Fsp3) is 0.133. The molecule has 2 aromatic carbocycles. The van der Waals surface area contributed by atoms with Crippen molar-refractivity contribution in [3.05, 3.63) is 64.2 Å². The molecule has 4 heteroatoms. The molecule has 0 radical (unpaired) electrons. The molecule has 2 N–H and O–H groups in total. The van der Waals surface area contributed by atoms with Gasteiger partial charge in [-0.1, -0.05) is 48.1 Å². The van der Waals surface area contributed by atoms with Gasteiger partial charge in [0.1, 0.15) is 17.3 Å². The maximum Gasteiger partial charge on any atom is 0.138 e. The first-order valence-corrected chi connectivity index (χ1v) is 6.63. The fourth-order valence-electron chi connectivity index (χ4n) is 1.70. The highest BCUT2D eigenvalue weighted by atomic mass is 35.5. The largest absolute Gasteiger partial charge is 0.487 e. The summed E-state index contributed by atoms with van der Waals surface area (Å²) >= 11 is 11.0. The van der Waals surface area contributed by atoms with Crippen LogP contribution < -0.4 is 10.5 Å². The third kappa shape index (κ3) is 3.46. The Bertz CT molecular complexity index is 613. The first-order chi connectivity index (χ1) is 9.08. The zero-order chi connectivity index (χ0) is 13.8. The average Bonchev–Trinajstić information content (AvgIpc) is 2.39. The van der Waals surface area contributed by atoms with Crippen molar-refractivity contribution in [3.8, 4) is 5.75 Å². The lowest BCUT2D eigenvalue weighted by Crippen LogP contribution is -2.09. The summed E-state index contributed by atoms with van der Waals surface area (Å²) in [7, 11) is 0. The van der Waals surface area contributed by atoms with Crippen LogP contribution in [0.15, 0.2) is 42.5 Å². The van der Waals surface area contributed by atoms with Crippen LogP contribution in [0.4, 0.5) is 0 Å². The van der Waals surface area contributed by atoms with Crippen molar-refractivity contribution in [1.82, 2.24) is 0 Å². The molecule has 0 aliphatic rings. The van der Waals surface area contributed by atoms with E-state index in [0.717, 1.165) is 11.1 Å². The molecule has 0 saturated carbocycles. The smallest absolute Gasteiger partial charge is 0.138 e. The van der Waals surface area contributed by atoms with E-state index in [1.165, 1.54) is 5.56 Å². The van der Waals surface area contributed by atoms with E-state index in [4.69, 9.17) is 34.3 Å². The number of aryl methyl sites for hydroxylation is 1. The van der Waals surface area contributed by atoms with Crippen LogP contribution in [0, 0.1) is 6.92 Å². The Hall–Kier alpha value is -1.58. The Labute approximate surface area is 123 Å². The molecule has 0 fully saturated rings. The van der Waals surface area contributed by atoms with Crippen LogP contribution in [0.3, 0.4) is 0 Å². The molecule has 2 rings (SSSR count). The van der Waals surface area contributed by atoms with Crippen LogP contribution >= 0.6 is 23.8 Å². The molecule has 2 aromatic rings. The predicted molar refractivity (Wildman–Crippen MR) is 82.9 cm³/mol. The normalized spacial score (nSPS) is 10.2. The predicted octanol–water partition coefficient (Wildman–Crippen LogP) is 3.86. The van der Waals surface area contributed by atoms with Gasteiger partial charge < -0.3 is 10.5 Å². The third-order valence-electron chi connectivity index (χ3n) is 2.86. The first-order valence-electron chi connectivity index (χ1n) is 5.84. The van der Waals surface area contributed by atoms with Crippen molar-refractivity contribution in [2.45, 2.75) is 13.5 Å². The van der Waals surface area contributed by atoms with E-state index in [1.807, 2.05) is 18.2 Å². The quantitative estimate of drug-likeness (QED) is 0.869. The number of hydrogen-bond acceptors (Lipinski definition) is 2. The first kappa shape index (κ1) is 13.8. The second-order valence-corrected chi connectivity index (χ2v) is 5.07. The summed E-state index contributed by atoms with van der Waals surface area (Å²) < 4.78 is 5.72. The van der Waals surface area contributed by atoms with E-state index in [1.54, 1.807) is 18.2 Å². The van der Waals surface area contributed by atoms with Crippen molar-refractivity contribution in [2.75, 3.05) is 0 Å². The van der Waals surface area contributed by atoms with Gasteiger partial charge in [0.15, 0.2) is 0 Å². The molecular formula is C15H14ClNOS. The molecule has 2 nitrogen and oxygen atoms in total. The fourth-order valence-corrected chi connectivity index (χ4v) is 2.06.